The van der Waals surface area contributed by atoms with E-state index < -0.39 is 17.8 Å². The molecule has 2 aromatic heterocycles. The quantitative estimate of drug-likeness (QED) is 0.653. The van der Waals surface area contributed by atoms with Crippen LogP contribution in [0.2, 0.25) is 0 Å². The van der Waals surface area contributed by atoms with Crippen LogP contribution in [0.3, 0.4) is 0 Å². The fourth-order valence-electron chi connectivity index (χ4n) is 3.31. The second kappa shape index (κ2) is 7.43. The number of halogens is 3. The minimum absolute atomic E-state index is 0.0548. The molecule has 0 saturated carbocycles. The van der Waals surface area contributed by atoms with Gasteiger partial charge < -0.3 is 9.64 Å². The molecule has 10 heteroatoms. The first-order valence-corrected chi connectivity index (χ1v) is 9.19. The highest BCUT2D eigenvalue weighted by Gasteiger charge is 2.36. The van der Waals surface area contributed by atoms with E-state index >= 15 is 0 Å². The Bertz CT molecular complexity index is 1110. The Morgan fingerprint density at radius 1 is 1.10 bits per heavy atom. The van der Waals surface area contributed by atoms with Gasteiger partial charge in [0.05, 0.1) is 12.8 Å². The number of carbonyl (C=O) groups is 2. The number of ether oxygens (including phenoxy) is 1. The molecule has 1 fully saturated rings. The SMILES string of the molecule is COc1ccc(-c2cc(C(F)(F)F)n3nc(C(=O)N4CCC(=O)CC4)cc3n2)cc1. The number of hydrogen-bond acceptors (Lipinski definition) is 5. The minimum Gasteiger partial charge on any atom is -0.497 e. The molecule has 4 rings (SSSR count). The normalized spacial score (nSPS) is 14.9. The monoisotopic (exact) mass is 418 g/mol. The zero-order valence-electron chi connectivity index (χ0n) is 15.9. The summed E-state index contributed by atoms with van der Waals surface area (Å²) in [5.41, 5.74) is -0.708. The number of aromatic nitrogens is 3. The first-order chi connectivity index (χ1) is 14.3. The van der Waals surface area contributed by atoms with Crippen LogP contribution in [0.15, 0.2) is 36.4 Å². The standard InChI is InChI=1S/C20H17F3N4O3/c1-30-14-4-2-12(3-5-14)15-10-17(20(21,22)23)27-18(24-15)11-16(25-27)19(29)26-8-6-13(28)7-9-26/h2-5,10-11H,6-9H2,1H3. The summed E-state index contributed by atoms with van der Waals surface area (Å²) in [7, 11) is 1.49. The Labute approximate surface area is 169 Å². The van der Waals surface area contributed by atoms with Crippen LogP contribution in [-0.2, 0) is 11.0 Å². The van der Waals surface area contributed by atoms with Crippen LogP contribution in [0, 0.1) is 0 Å². The predicted octanol–water partition coefficient (Wildman–Crippen LogP) is 3.23. The maximum Gasteiger partial charge on any atom is 0.433 e. The lowest BCUT2D eigenvalue weighted by molar-refractivity contribution is -0.142. The third-order valence-corrected chi connectivity index (χ3v) is 4.93. The summed E-state index contributed by atoms with van der Waals surface area (Å²) >= 11 is 0. The lowest BCUT2D eigenvalue weighted by atomic mass is 10.1. The molecule has 0 aliphatic carbocycles. The van der Waals surface area contributed by atoms with Gasteiger partial charge >= 0.3 is 6.18 Å². The Kier molecular flexibility index (Phi) is 4.92. The Morgan fingerprint density at radius 3 is 2.37 bits per heavy atom. The van der Waals surface area contributed by atoms with E-state index in [1.165, 1.54) is 18.1 Å². The molecular weight excluding hydrogens is 401 g/mol. The molecule has 0 unspecified atom stereocenters. The molecule has 1 aliphatic heterocycles. The lowest BCUT2D eigenvalue weighted by Crippen LogP contribution is -2.38. The van der Waals surface area contributed by atoms with Gasteiger partial charge in [0, 0.05) is 37.6 Å². The van der Waals surface area contributed by atoms with Gasteiger partial charge in [0.2, 0.25) is 0 Å². The van der Waals surface area contributed by atoms with Gasteiger partial charge in [0.25, 0.3) is 5.91 Å². The molecule has 3 heterocycles. The average Bonchev–Trinajstić information content (AvgIpc) is 3.16. The van der Waals surface area contributed by atoms with Crippen LogP contribution in [0.1, 0.15) is 29.0 Å². The number of amides is 1. The molecule has 1 aliphatic rings. The Morgan fingerprint density at radius 2 is 1.77 bits per heavy atom. The summed E-state index contributed by atoms with van der Waals surface area (Å²) in [5, 5.41) is 3.87. The molecule has 1 saturated heterocycles. The summed E-state index contributed by atoms with van der Waals surface area (Å²) in [6.07, 6.45) is -4.24. The first-order valence-electron chi connectivity index (χ1n) is 9.19. The molecule has 0 spiro atoms. The van der Waals surface area contributed by atoms with Gasteiger partial charge in [-0.15, -0.1) is 0 Å². The van der Waals surface area contributed by atoms with E-state index in [9.17, 15) is 22.8 Å². The van der Waals surface area contributed by atoms with E-state index in [1.807, 2.05) is 0 Å². The summed E-state index contributed by atoms with van der Waals surface area (Å²) in [5.74, 6) is 0.0967. The smallest absolute Gasteiger partial charge is 0.433 e. The number of carbonyl (C=O) groups excluding carboxylic acids is 2. The van der Waals surface area contributed by atoms with Gasteiger partial charge in [-0.25, -0.2) is 9.50 Å². The van der Waals surface area contributed by atoms with E-state index in [1.54, 1.807) is 24.3 Å². The largest absolute Gasteiger partial charge is 0.497 e. The van der Waals surface area contributed by atoms with Crippen molar-refractivity contribution >= 4 is 17.3 Å². The van der Waals surface area contributed by atoms with Gasteiger partial charge in [0.15, 0.2) is 17.0 Å². The highest BCUT2D eigenvalue weighted by Crippen LogP contribution is 2.33. The second-order valence-electron chi connectivity index (χ2n) is 6.88. The maximum atomic E-state index is 13.7. The van der Waals surface area contributed by atoms with Crippen molar-refractivity contribution in [1.29, 1.82) is 0 Å². The number of methoxy groups -OCH3 is 1. The van der Waals surface area contributed by atoms with E-state index in [2.05, 4.69) is 10.1 Å². The number of benzene rings is 1. The number of ketones is 1. The number of nitrogens with zero attached hydrogens (tertiary/aromatic N) is 4. The van der Waals surface area contributed by atoms with Crippen LogP contribution in [0.4, 0.5) is 13.2 Å². The minimum atomic E-state index is -4.70. The third-order valence-electron chi connectivity index (χ3n) is 4.93. The molecule has 0 bridgehead atoms. The van der Waals surface area contributed by atoms with Crippen molar-refractivity contribution < 1.29 is 27.5 Å². The Hall–Kier alpha value is -3.43. The summed E-state index contributed by atoms with van der Waals surface area (Å²) < 4.78 is 46.8. The Balaban J connectivity index is 1.77. The number of alkyl halides is 3. The van der Waals surface area contributed by atoms with Crippen molar-refractivity contribution in [3.05, 3.63) is 47.8 Å². The molecule has 0 N–H and O–H groups in total. The molecule has 3 aromatic rings. The second-order valence-corrected chi connectivity index (χ2v) is 6.88. The molecule has 30 heavy (non-hydrogen) atoms. The third kappa shape index (κ3) is 3.72. The van der Waals surface area contributed by atoms with Gasteiger partial charge in [0.1, 0.15) is 11.5 Å². The van der Waals surface area contributed by atoms with Crippen LogP contribution in [-0.4, -0.2) is 51.4 Å². The van der Waals surface area contributed by atoms with Crippen molar-refractivity contribution in [2.45, 2.75) is 19.0 Å². The fraction of sp³-hybridized carbons (Fsp3) is 0.300. The van der Waals surface area contributed by atoms with Crippen molar-refractivity contribution in [2.24, 2.45) is 0 Å². The van der Waals surface area contributed by atoms with E-state index in [4.69, 9.17) is 4.74 Å². The maximum absolute atomic E-state index is 13.7. The molecule has 156 valence electrons. The van der Waals surface area contributed by atoms with E-state index in [0.717, 1.165) is 6.07 Å². The number of hydrogen-bond donors (Lipinski definition) is 0. The zero-order valence-corrected chi connectivity index (χ0v) is 15.9. The van der Waals surface area contributed by atoms with E-state index in [0.29, 0.717) is 15.8 Å². The van der Waals surface area contributed by atoms with Crippen molar-refractivity contribution in [1.82, 2.24) is 19.5 Å². The lowest BCUT2D eigenvalue weighted by Gasteiger charge is -2.25. The van der Waals surface area contributed by atoms with Crippen LogP contribution < -0.4 is 4.74 Å². The summed E-state index contributed by atoms with van der Waals surface area (Å²) in [4.78, 5) is 29.7. The van der Waals surface area contributed by atoms with E-state index in [-0.39, 0.29) is 48.7 Å². The van der Waals surface area contributed by atoms with Gasteiger partial charge in [-0.1, -0.05) is 0 Å². The van der Waals surface area contributed by atoms with Crippen LogP contribution in [0.5, 0.6) is 5.75 Å². The van der Waals surface area contributed by atoms with Crippen molar-refractivity contribution in [3.63, 3.8) is 0 Å². The number of fused-ring (bicyclic) bond motifs is 1. The van der Waals surface area contributed by atoms with Gasteiger partial charge in [-0.05, 0) is 30.3 Å². The molecule has 0 atom stereocenters. The number of rotatable bonds is 3. The van der Waals surface area contributed by atoms with Crippen LogP contribution >= 0.6 is 0 Å². The zero-order chi connectivity index (χ0) is 21.5. The van der Waals surface area contributed by atoms with Crippen molar-refractivity contribution in [2.75, 3.05) is 20.2 Å². The fourth-order valence-corrected chi connectivity index (χ4v) is 3.31. The van der Waals surface area contributed by atoms with Gasteiger partial charge in [-0.2, -0.15) is 18.3 Å². The average molecular weight is 418 g/mol. The highest BCUT2D eigenvalue weighted by atomic mass is 19.4. The van der Waals surface area contributed by atoms with Crippen LogP contribution in [0.25, 0.3) is 16.9 Å². The molecule has 1 aromatic carbocycles. The summed E-state index contributed by atoms with van der Waals surface area (Å²) in [6, 6.07) is 8.58. The number of piperidine rings is 1. The van der Waals surface area contributed by atoms with Gasteiger partial charge in [-0.3, -0.25) is 9.59 Å². The highest BCUT2D eigenvalue weighted by molar-refractivity contribution is 5.94. The first kappa shape index (κ1) is 19.9. The molecular formula is C20H17F3N4O3. The topological polar surface area (TPSA) is 76.8 Å². The summed E-state index contributed by atoms with van der Waals surface area (Å²) in [6.45, 7) is 0.449. The molecule has 0 radical (unpaired) electrons. The number of likely N-dealkylation sites (tertiary alicyclic amines) is 1. The number of Topliss-reactive ketones (excluding diaryl/α,β-unsaturated/α-hetero) is 1. The molecule has 1 amide bonds. The molecule has 7 nitrogen and oxygen atoms in total. The van der Waals surface area contributed by atoms with Crippen molar-refractivity contribution in [3.8, 4) is 17.0 Å². The predicted molar refractivity (Wildman–Crippen MR) is 100 cm³/mol.